The molecular formula is C17H9F3N4O2. The van der Waals surface area contributed by atoms with Gasteiger partial charge in [-0.25, -0.2) is 9.36 Å². The average Bonchev–Trinajstić information content (AvgIpc) is 2.62. The van der Waals surface area contributed by atoms with Gasteiger partial charge in [0.2, 0.25) is 5.69 Å². The van der Waals surface area contributed by atoms with E-state index in [0.29, 0.717) is 10.3 Å². The third-order valence-electron chi connectivity index (χ3n) is 3.54. The fourth-order valence-corrected chi connectivity index (χ4v) is 2.31. The van der Waals surface area contributed by atoms with E-state index in [1.54, 1.807) is 24.3 Å². The molecule has 1 heterocycles. The SMILES string of the molecule is N#Cc1nn(-c2ccccc2)c(=O)n(-c2ccc(C(F)(F)F)cc2)c1=O. The Morgan fingerprint density at radius 3 is 2.08 bits per heavy atom. The summed E-state index contributed by atoms with van der Waals surface area (Å²) in [5.41, 5.74) is -3.20. The fraction of sp³-hybridized carbons (Fsp3) is 0.0588. The van der Waals surface area contributed by atoms with Gasteiger partial charge in [-0.3, -0.25) is 4.79 Å². The van der Waals surface area contributed by atoms with Gasteiger partial charge in [-0.1, -0.05) is 18.2 Å². The second kappa shape index (κ2) is 6.33. The van der Waals surface area contributed by atoms with Crippen LogP contribution in [0.5, 0.6) is 0 Å². The van der Waals surface area contributed by atoms with E-state index < -0.39 is 28.7 Å². The number of hydrogen-bond acceptors (Lipinski definition) is 4. The van der Waals surface area contributed by atoms with Crippen LogP contribution in [-0.2, 0) is 6.18 Å². The predicted molar refractivity (Wildman–Crippen MR) is 85.1 cm³/mol. The van der Waals surface area contributed by atoms with Crippen LogP contribution in [0.3, 0.4) is 0 Å². The van der Waals surface area contributed by atoms with E-state index in [0.717, 1.165) is 28.9 Å². The van der Waals surface area contributed by atoms with Crippen LogP contribution in [0.1, 0.15) is 11.3 Å². The molecule has 0 radical (unpaired) electrons. The summed E-state index contributed by atoms with van der Waals surface area (Å²) in [7, 11) is 0. The summed E-state index contributed by atoms with van der Waals surface area (Å²) in [5, 5.41) is 12.8. The van der Waals surface area contributed by atoms with Gasteiger partial charge >= 0.3 is 11.9 Å². The molecule has 3 aromatic rings. The van der Waals surface area contributed by atoms with Crippen LogP contribution in [0.4, 0.5) is 13.2 Å². The largest absolute Gasteiger partial charge is 0.416 e. The molecule has 0 aliphatic rings. The van der Waals surface area contributed by atoms with Crippen molar-refractivity contribution in [1.82, 2.24) is 14.3 Å². The molecule has 3 rings (SSSR count). The minimum atomic E-state index is -4.55. The van der Waals surface area contributed by atoms with Crippen molar-refractivity contribution in [1.29, 1.82) is 5.26 Å². The summed E-state index contributed by atoms with van der Waals surface area (Å²) in [6, 6.07) is 13.1. The van der Waals surface area contributed by atoms with Crippen molar-refractivity contribution in [3.8, 4) is 17.4 Å². The Morgan fingerprint density at radius 2 is 1.54 bits per heavy atom. The van der Waals surface area contributed by atoms with Gasteiger partial charge in [0.05, 0.1) is 16.9 Å². The van der Waals surface area contributed by atoms with Crippen molar-refractivity contribution in [3.63, 3.8) is 0 Å². The van der Waals surface area contributed by atoms with Crippen LogP contribution < -0.4 is 11.2 Å². The molecule has 6 nitrogen and oxygen atoms in total. The minimum absolute atomic E-state index is 0.100. The van der Waals surface area contributed by atoms with E-state index in [1.165, 1.54) is 12.1 Å². The van der Waals surface area contributed by atoms with E-state index in [1.807, 2.05) is 0 Å². The van der Waals surface area contributed by atoms with Crippen molar-refractivity contribution in [3.05, 3.63) is 86.7 Å². The van der Waals surface area contributed by atoms with Crippen molar-refractivity contribution in [2.24, 2.45) is 0 Å². The Hall–Kier alpha value is -3.67. The maximum atomic E-state index is 12.7. The Labute approximate surface area is 144 Å². The molecule has 0 spiro atoms. The number of nitrogens with zero attached hydrogens (tertiary/aromatic N) is 4. The van der Waals surface area contributed by atoms with Crippen LogP contribution in [0.25, 0.3) is 11.4 Å². The van der Waals surface area contributed by atoms with Crippen LogP contribution in [0.2, 0.25) is 0 Å². The summed E-state index contributed by atoms with van der Waals surface area (Å²) in [5.74, 6) is 0. The zero-order valence-corrected chi connectivity index (χ0v) is 12.9. The summed E-state index contributed by atoms with van der Waals surface area (Å²) in [6.45, 7) is 0. The molecule has 9 heteroatoms. The molecule has 0 unspecified atom stereocenters. The van der Waals surface area contributed by atoms with Gasteiger partial charge in [0.15, 0.2) is 0 Å². The summed E-state index contributed by atoms with van der Waals surface area (Å²) < 4.78 is 39.5. The number of benzene rings is 2. The molecule has 0 aliphatic heterocycles. The highest BCUT2D eigenvalue weighted by Crippen LogP contribution is 2.29. The molecule has 0 bridgehead atoms. The quantitative estimate of drug-likeness (QED) is 0.704. The molecule has 0 aliphatic carbocycles. The standard InChI is InChI=1S/C17H9F3N4O2/c18-17(19,20)11-6-8-12(9-7-11)23-15(25)14(10-21)22-24(16(23)26)13-4-2-1-3-5-13/h1-9H. The van der Waals surface area contributed by atoms with E-state index in [9.17, 15) is 22.8 Å². The van der Waals surface area contributed by atoms with Crippen LogP contribution >= 0.6 is 0 Å². The highest BCUT2D eigenvalue weighted by Gasteiger charge is 2.30. The molecule has 0 atom stereocenters. The lowest BCUT2D eigenvalue weighted by Gasteiger charge is -2.11. The normalized spacial score (nSPS) is 11.2. The van der Waals surface area contributed by atoms with Gasteiger partial charge in [0.1, 0.15) is 6.07 Å². The number of rotatable bonds is 2. The molecule has 0 fully saturated rings. The summed E-state index contributed by atoms with van der Waals surface area (Å²) in [4.78, 5) is 25.0. The first-order chi connectivity index (χ1) is 12.3. The van der Waals surface area contributed by atoms with E-state index >= 15 is 0 Å². The Bertz CT molecular complexity index is 1110. The third kappa shape index (κ3) is 3.00. The summed E-state index contributed by atoms with van der Waals surface area (Å²) >= 11 is 0. The van der Waals surface area contributed by atoms with Gasteiger partial charge in [-0.2, -0.15) is 23.1 Å². The highest BCUT2D eigenvalue weighted by molar-refractivity contribution is 5.38. The van der Waals surface area contributed by atoms with Crippen molar-refractivity contribution in [2.75, 3.05) is 0 Å². The number of aromatic nitrogens is 3. The van der Waals surface area contributed by atoms with E-state index in [2.05, 4.69) is 5.10 Å². The molecule has 130 valence electrons. The highest BCUT2D eigenvalue weighted by atomic mass is 19.4. The molecule has 26 heavy (non-hydrogen) atoms. The zero-order chi connectivity index (χ0) is 18.9. The lowest BCUT2D eigenvalue weighted by molar-refractivity contribution is -0.137. The maximum Gasteiger partial charge on any atom is 0.416 e. The Balaban J connectivity index is 2.27. The van der Waals surface area contributed by atoms with Gasteiger partial charge < -0.3 is 0 Å². The van der Waals surface area contributed by atoms with Gasteiger partial charge in [0.25, 0.3) is 5.56 Å². The first-order valence-corrected chi connectivity index (χ1v) is 7.22. The Kier molecular flexibility index (Phi) is 4.18. The van der Waals surface area contributed by atoms with Crippen LogP contribution in [0.15, 0.2) is 64.2 Å². The lowest BCUT2D eigenvalue weighted by Crippen LogP contribution is -2.41. The number of halogens is 3. The van der Waals surface area contributed by atoms with Gasteiger partial charge in [-0.15, -0.1) is 5.10 Å². The Morgan fingerprint density at radius 1 is 0.923 bits per heavy atom. The fourth-order valence-electron chi connectivity index (χ4n) is 2.31. The molecule has 0 amide bonds. The van der Waals surface area contributed by atoms with E-state index in [-0.39, 0.29) is 5.69 Å². The maximum absolute atomic E-state index is 12.7. The minimum Gasteiger partial charge on any atom is -0.265 e. The van der Waals surface area contributed by atoms with Crippen LogP contribution in [-0.4, -0.2) is 14.3 Å². The van der Waals surface area contributed by atoms with Gasteiger partial charge in [-0.05, 0) is 36.4 Å². The monoisotopic (exact) mass is 358 g/mol. The van der Waals surface area contributed by atoms with Crippen molar-refractivity contribution in [2.45, 2.75) is 6.18 Å². The number of alkyl halides is 3. The zero-order valence-electron chi connectivity index (χ0n) is 12.9. The lowest BCUT2D eigenvalue weighted by atomic mass is 10.2. The molecule has 0 N–H and O–H groups in total. The van der Waals surface area contributed by atoms with Crippen molar-refractivity contribution >= 4 is 0 Å². The number of nitriles is 1. The topological polar surface area (TPSA) is 80.7 Å². The smallest absolute Gasteiger partial charge is 0.265 e. The third-order valence-corrected chi connectivity index (χ3v) is 3.54. The molecule has 2 aromatic carbocycles. The first-order valence-electron chi connectivity index (χ1n) is 7.22. The van der Waals surface area contributed by atoms with E-state index in [4.69, 9.17) is 5.26 Å². The molecule has 0 saturated heterocycles. The molecule has 0 saturated carbocycles. The predicted octanol–water partition coefficient (Wildman–Crippen LogP) is 2.27. The first kappa shape index (κ1) is 17.2. The molecular weight excluding hydrogens is 349 g/mol. The van der Waals surface area contributed by atoms with Gasteiger partial charge in [0, 0.05) is 0 Å². The number of hydrogen-bond donors (Lipinski definition) is 0. The van der Waals surface area contributed by atoms with Crippen LogP contribution in [0, 0.1) is 11.3 Å². The van der Waals surface area contributed by atoms with Crippen molar-refractivity contribution < 1.29 is 13.2 Å². The number of para-hydroxylation sites is 1. The molecule has 1 aromatic heterocycles. The second-order valence-electron chi connectivity index (χ2n) is 5.18. The second-order valence-corrected chi connectivity index (χ2v) is 5.18. The summed E-state index contributed by atoms with van der Waals surface area (Å²) in [6.07, 6.45) is -4.55. The average molecular weight is 358 g/mol.